The summed E-state index contributed by atoms with van der Waals surface area (Å²) in [6, 6.07) is 24.7. The number of benzene rings is 3. The first-order valence-corrected chi connectivity index (χ1v) is 11.3. The molecule has 0 unspecified atom stereocenters. The van der Waals surface area contributed by atoms with Crippen molar-refractivity contribution in [3.8, 4) is 5.69 Å². The zero-order valence-corrected chi connectivity index (χ0v) is 18.7. The van der Waals surface area contributed by atoms with E-state index in [1.807, 2.05) is 71.3 Å². The number of thioether (sulfide) groups is 1. The van der Waals surface area contributed by atoms with Gasteiger partial charge in [0.25, 0.3) is 0 Å². The molecule has 0 aliphatic heterocycles. The molecule has 0 bridgehead atoms. The fraction of sp³-hybridized carbons (Fsp3) is 0.0870. The number of aromatic nitrogens is 3. The number of carbonyl (C=O) groups is 1. The maximum atomic E-state index is 12.5. The predicted octanol–water partition coefficient (Wildman–Crippen LogP) is 5.90. The lowest BCUT2D eigenvalue weighted by molar-refractivity contribution is -0.113. The minimum absolute atomic E-state index is 0.162. The number of rotatable bonds is 7. The Kier molecular flexibility index (Phi) is 6.92. The summed E-state index contributed by atoms with van der Waals surface area (Å²) < 4.78 is 1.94. The van der Waals surface area contributed by atoms with Crippen LogP contribution in [0.2, 0.25) is 10.0 Å². The van der Waals surface area contributed by atoms with Gasteiger partial charge in [0.15, 0.2) is 5.16 Å². The normalized spacial score (nSPS) is 10.8. The molecule has 0 saturated heterocycles. The first-order chi connectivity index (χ1) is 15.1. The molecule has 0 spiro atoms. The summed E-state index contributed by atoms with van der Waals surface area (Å²) in [5, 5.41) is 13.3. The van der Waals surface area contributed by atoms with Crippen molar-refractivity contribution < 1.29 is 4.79 Å². The number of anilines is 1. The van der Waals surface area contributed by atoms with E-state index >= 15 is 0 Å². The van der Waals surface area contributed by atoms with Crippen molar-refractivity contribution in [3.63, 3.8) is 0 Å². The van der Waals surface area contributed by atoms with Crippen LogP contribution in [-0.2, 0) is 11.2 Å². The highest BCUT2D eigenvalue weighted by atomic mass is 35.5. The summed E-state index contributed by atoms with van der Waals surface area (Å²) in [7, 11) is 0. The largest absolute Gasteiger partial charge is 0.324 e. The second kappa shape index (κ2) is 10.0. The van der Waals surface area contributed by atoms with Crippen LogP contribution in [0.15, 0.2) is 84.0 Å². The molecule has 156 valence electrons. The third-order valence-corrected chi connectivity index (χ3v) is 5.95. The van der Waals surface area contributed by atoms with E-state index in [0.717, 1.165) is 17.1 Å². The smallest absolute Gasteiger partial charge is 0.234 e. The molecule has 1 heterocycles. The molecule has 0 saturated carbocycles. The Bertz CT molecular complexity index is 1200. The number of amides is 1. The molecule has 5 nitrogen and oxygen atoms in total. The van der Waals surface area contributed by atoms with Crippen molar-refractivity contribution >= 4 is 46.6 Å². The van der Waals surface area contributed by atoms with Crippen LogP contribution in [0.5, 0.6) is 0 Å². The van der Waals surface area contributed by atoms with E-state index in [2.05, 4.69) is 15.5 Å². The SMILES string of the molecule is O=C(CSc1nnc(Cc2ccccc2)n1-c1cccc(Cl)c1)Nc1ccccc1Cl. The number of halogens is 2. The molecule has 1 N–H and O–H groups in total. The van der Waals surface area contributed by atoms with E-state index in [1.165, 1.54) is 11.8 Å². The lowest BCUT2D eigenvalue weighted by atomic mass is 10.1. The Balaban J connectivity index is 1.57. The highest BCUT2D eigenvalue weighted by Crippen LogP contribution is 2.26. The molecule has 3 aromatic carbocycles. The van der Waals surface area contributed by atoms with Gasteiger partial charge < -0.3 is 5.32 Å². The van der Waals surface area contributed by atoms with Gasteiger partial charge in [-0.15, -0.1) is 10.2 Å². The molecule has 0 fully saturated rings. The Morgan fingerprint density at radius 1 is 0.935 bits per heavy atom. The van der Waals surface area contributed by atoms with Crippen molar-refractivity contribution in [1.29, 1.82) is 0 Å². The number of hydrogen-bond donors (Lipinski definition) is 1. The van der Waals surface area contributed by atoms with Crippen LogP contribution in [-0.4, -0.2) is 26.4 Å². The second-order valence-corrected chi connectivity index (χ2v) is 8.48. The summed E-state index contributed by atoms with van der Waals surface area (Å²) in [6.45, 7) is 0. The van der Waals surface area contributed by atoms with Crippen molar-refractivity contribution in [1.82, 2.24) is 14.8 Å². The van der Waals surface area contributed by atoms with Crippen LogP contribution in [0.3, 0.4) is 0 Å². The Labute approximate surface area is 194 Å². The van der Waals surface area contributed by atoms with Crippen LogP contribution in [0, 0.1) is 0 Å². The molecular weight excluding hydrogens is 451 g/mol. The van der Waals surface area contributed by atoms with Gasteiger partial charge in [0.1, 0.15) is 5.82 Å². The van der Waals surface area contributed by atoms with E-state index in [9.17, 15) is 4.79 Å². The fourth-order valence-electron chi connectivity index (χ4n) is 3.04. The first kappa shape index (κ1) is 21.4. The van der Waals surface area contributed by atoms with E-state index in [-0.39, 0.29) is 11.7 Å². The van der Waals surface area contributed by atoms with Crippen LogP contribution in [0.1, 0.15) is 11.4 Å². The molecule has 4 aromatic rings. The van der Waals surface area contributed by atoms with Crippen LogP contribution in [0.25, 0.3) is 5.69 Å². The minimum atomic E-state index is -0.177. The number of nitrogens with one attached hydrogen (secondary N) is 1. The molecule has 4 rings (SSSR count). The van der Waals surface area contributed by atoms with Gasteiger partial charge in [-0.1, -0.05) is 83.5 Å². The zero-order chi connectivity index (χ0) is 21.6. The zero-order valence-electron chi connectivity index (χ0n) is 16.3. The number of carbonyl (C=O) groups excluding carboxylic acids is 1. The molecule has 0 atom stereocenters. The maximum absolute atomic E-state index is 12.5. The van der Waals surface area contributed by atoms with Gasteiger partial charge in [0.05, 0.1) is 22.2 Å². The van der Waals surface area contributed by atoms with Crippen molar-refractivity contribution in [3.05, 3.63) is 100 Å². The predicted molar refractivity (Wildman–Crippen MR) is 126 cm³/mol. The highest BCUT2D eigenvalue weighted by molar-refractivity contribution is 7.99. The van der Waals surface area contributed by atoms with Gasteiger partial charge >= 0.3 is 0 Å². The molecular formula is C23H18Cl2N4OS. The van der Waals surface area contributed by atoms with Crippen LogP contribution >= 0.6 is 35.0 Å². The first-order valence-electron chi connectivity index (χ1n) is 9.51. The standard InChI is InChI=1S/C23H18Cl2N4OS/c24-17-9-6-10-18(14-17)29-21(13-16-7-2-1-3-8-16)27-28-23(29)31-15-22(30)26-20-12-5-4-11-19(20)25/h1-12,14H,13,15H2,(H,26,30). The fourth-order valence-corrected chi connectivity index (χ4v) is 4.18. The van der Waals surface area contributed by atoms with Gasteiger partial charge in [-0.25, -0.2) is 0 Å². The highest BCUT2D eigenvalue weighted by Gasteiger charge is 2.17. The monoisotopic (exact) mass is 468 g/mol. The van der Waals surface area contributed by atoms with Gasteiger partial charge in [0, 0.05) is 11.4 Å². The quantitative estimate of drug-likeness (QED) is 0.343. The maximum Gasteiger partial charge on any atom is 0.234 e. The summed E-state index contributed by atoms with van der Waals surface area (Å²) >= 11 is 13.7. The molecule has 0 aliphatic carbocycles. The average Bonchev–Trinajstić information content (AvgIpc) is 3.17. The lowest BCUT2D eigenvalue weighted by Gasteiger charge is -2.11. The van der Waals surface area contributed by atoms with Crippen LogP contribution < -0.4 is 5.32 Å². The number of para-hydroxylation sites is 1. The Morgan fingerprint density at radius 2 is 1.71 bits per heavy atom. The summed E-state index contributed by atoms with van der Waals surface area (Å²) in [6.07, 6.45) is 0.604. The molecule has 0 aliphatic rings. The summed E-state index contributed by atoms with van der Waals surface area (Å²) in [5.74, 6) is 0.751. The van der Waals surface area contributed by atoms with Crippen molar-refractivity contribution in [2.45, 2.75) is 11.6 Å². The Morgan fingerprint density at radius 3 is 2.48 bits per heavy atom. The van der Waals surface area contributed by atoms with E-state index < -0.39 is 0 Å². The minimum Gasteiger partial charge on any atom is -0.324 e. The summed E-state index contributed by atoms with van der Waals surface area (Å²) in [5.41, 5.74) is 2.54. The van der Waals surface area contributed by atoms with Crippen LogP contribution in [0.4, 0.5) is 5.69 Å². The van der Waals surface area contributed by atoms with Gasteiger partial charge in [-0.2, -0.15) is 0 Å². The molecule has 0 radical (unpaired) electrons. The number of hydrogen-bond acceptors (Lipinski definition) is 4. The van der Waals surface area contributed by atoms with Gasteiger partial charge in [0.2, 0.25) is 5.91 Å². The third kappa shape index (κ3) is 5.47. The van der Waals surface area contributed by atoms with Crippen molar-refractivity contribution in [2.24, 2.45) is 0 Å². The van der Waals surface area contributed by atoms with E-state index in [1.54, 1.807) is 12.1 Å². The molecule has 1 amide bonds. The second-order valence-electron chi connectivity index (χ2n) is 6.69. The van der Waals surface area contributed by atoms with Gasteiger partial charge in [-0.05, 0) is 35.9 Å². The average molecular weight is 469 g/mol. The number of nitrogens with zero attached hydrogens (tertiary/aromatic N) is 3. The lowest BCUT2D eigenvalue weighted by Crippen LogP contribution is -2.15. The van der Waals surface area contributed by atoms with Gasteiger partial charge in [-0.3, -0.25) is 9.36 Å². The summed E-state index contributed by atoms with van der Waals surface area (Å²) in [4.78, 5) is 12.5. The third-order valence-electron chi connectivity index (χ3n) is 4.45. The molecule has 31 heavy (non-hydrogen) atoms. The molecule has 8 heteroatoms. The van der Waals surface area contributed by atoms with E-state index in [4.69, 9.17) is 23.2 Å². The topological polar surface area (TPSA) is 59.8 Å². The van der Waals surface area contributed by atoms with Crippen molar-refractivity contribution in [2.75, 3.05) is 11.1 Å². The Hall–Kier alpha value is -2.80. The molecule has 1 aromatic heterocycles. The van der Waals surface area contributed by atoms with E-state index in [0.29, 0.717) is 27.3 Å².